The lowest BCUT2D eigenvalue weighted by atomic mass is 9.78. The monoisotopic (exact) mass is 428 g/mol. The van der Waals surface area contributed by atoms with E-state index in [0.29, 0.717) is 40.1 Å². The molecule has 1 fully saturated rings. The van der Waals surface area contributed by atoms with Gasteiger partial charge in [0.15, 0.2) is 23.0 Å². The molecule has 2 aliphatic rings. The molecule has 4 rings (SSSR count). The average Bonchev–Trinajstić information content (AvgIpc) is 3.40. The van der Waals surface area contributed by atoms with Crippen LogP contribution in [-0.2, 0) is 9.53 Å². The van der Waals surface area contributed by atoms with Crippen molar-refractivity contribution in [2.75, 3.05) is 41.8 Å². The molecule has 0 saturated carbocycles. The molecule has 2 heterocycles. The minimum Gasteiger partial charge on any atom is -0.493 e. The molecule has 0 N–H and O–H groups in total. The minimum atomic E-state index is -0.407. The molecule has 31 heavy (non-hydrogen) atoms. The number of benzene rings is 2. The summed E-state index contributed by atoms with van der Waals surface area (Å²) in [6, 6.07) is 7.48. The maximum Gasteiger partial charge on any atom is 0.333 e. The number of hydrogen-bond donors (Lipinski definition) is 0. The van der Waals surface area contributed by atoms with Crippen LogP contribution >= 0.6 is 0 Å². The Kier molecular flexibility index (Phi) is 5.54. The van der Waals surface area contributed by atoms with E-state index in [1.165, 1.54) is 0 Å². The van der Waals surface area contributed by atoms with Crippen molar-refractivity contribution in [3.63, 3.8) is 0 Å². The van der Waals surface area contributed by atoms with Gasteiger partial charge in [0.1, 0.15) is 0 Å². The van der Waals surface area contributed by atoms with Gasteiger partial charge in [-0.2, -0.15) is 0 Å². The molecule has 0 aliphatic carbocycles. The second-order valence-corrected chi connectivity index (χ2v) is 7.12. The van der Waals surface area contributed by atoms with Crippen LogP contribution in [0.3, 0.4) is 0 Å². The van der Waals surface area contributed by atoms with Crippen molar-refractivity contribution in [3.05, 3.63) is 47.5 Å². The van der Waals surface area contributed by atoms with Crippen molar-refractivity contribution in [1.29, 1.82) is 0 Å². The van der Waals surface area contributed by atoms with Gasteiger partial charge in [0.05, 0.1) is 35.0 Å². The molecule has 0 amide bonds. The van der Waals surface area contributed by atoms with Crippen molar-refractivity contribution in [1.82, 2.24) is 0 Å². The fourth-order valence-electron chi connectivity index (χ4n) is 4.07. The second kappa shape index (κ2) is 8.29. The molecule has 1 saturated heterocycles. The lowest BCUT2D eigenvalue weighted by molar-refractivity contribution is -0.135. The predicted molar refractivity (Wildman–Crippen MR) is 111 cm³/mol. The van der Waals surface area contributed by atoms with E-state index in [0.717, 1.165) is 11.1 Å². The first-order valence-electron chi connectivity index (χ1n) is 9.65. The minimum absolute atomic E-state index is 0.113. The molecule has 0 radical (unpaired) electrons. The highest BCUT2D eigenvalue weighted by molar-refractivity contribution is 5.90. The fourth-order valence-corrected chi connectivity index (χ4v) is 4.07. The van der Waals surface area contributed by atoms with Crippen LogP contribution in [0.4, 0.5) is 0 Å². The zero-order valence-corrected chi connectivity index (χ0v) is 17.9. The highest BCUT2D eigenvalue weighted by atomic mass is 16.7. The van der Waals surface area contributed by atoms with Crippen molar-refractivity contribution in [3.8, 4) is 34.5 Å². The maximum absolute atomic E-state index is 12.1. The summed E-state index contributed by atoms with van der Waals surface area (Å²) >= 11 is 0. The van der Waals surface area contributed by atoms with Gasteiger partial charge in [0.2, 0.25) is 18.3 Å². The van der Waals surface area contributed by atoms with Gasteiger partial charge in [-0.15, -0.1) is 0 Å². The number of rotatable bonds is 7. The van der Waals surface area contributed by atoms with Crippen LogP contribution < -0.4 is 28.4 Å². The molecule has 2 aromatic carbocycles. The third-order valence-corrected chi connectivity index (χ3v) is 5.59. The molecule has 1 unspecified atom stereocenters. The Balaban J connectivity index is 1.92. The SMILES string of the molecule is C=C1C(=O)OC[C@H]1C(c1cc(OC)c(OC)c(OC)c1)c1cc(OC)c2c(c1)OCO2. The van der Waals surface area contributed by atoms with Gasteiger partial charge in [-0.05, 0) is 35.4 Å². The Labute approximate surface area is 180 Å². The first-order valence-corrected chi connectivity index (χ1v) is 9.65. The summed E-state index contributed by atoms with van der Waals surface area (Å²) in [4.78, 5) is 12.1. The smallest absolute Gasteiger partial charge is 0.333 e. The molecule has 2 atom stereocenters. The van der Waals surface area contributed by atoms with Crippen molar-refractivity contribution in [2.24, 2.45) is 5.92 Å². The number of esters is 1. The first-order chi connectivity index (χ1) is 15.0. The summed E-state index contributed by atoms with van der Waals surface area (Å²) in [7, 11) is 6.23. The number of hydrogen-bond acceptors (Lipinski definition) is 8. The van der Waals surface area contributed by atoms with E-state index in [-0.39, 0.29) is 25.2 Å². The zero-order valence-electron chi connectivity index (χ0n) is 17.9. The van der Waals surface area contributed by atoms with Gasteiger partial charge < -0.3 is 33.2 Å². The molecule has 2 aromatic rings. The Morgan fingerprint density at radius 3 is 2.03 bits per heavy atom. The van der Waals surface area contributed by atoms with Crippen LogP contribution in [0.25, 0.3) is 0 Å². The topological polar surface area (TPSA) is 81.7 Å². The van der Waals surface area contributed by atoms with Gasteiger partial charge in [-0.3, -0.25) is 0 Å². The van der Waals surface area contributed by atoms with E-state index in [2.05, 4.69) is 6.58 Å². The number of carbonyl (C=O) groups is 1. The van der Waals surface area contributed by atoms with Crippen molar-refractivity contribution >= 4 is 5.97 Å². The van der Waals surface area contributed by atoms with Crippen LogP contribution in [0.5, 0.6) is 34.5 Å². The summed E-state index contributed by atoms with van der Waals surface area (Å²) in [6.07, 6.45) is 0. The summed E-state index contributed by atoms with van der Waals surface area (Å²) in [5.74, 6) is 2.11. The largest absolute Gasteiger partial charge is 0.493 e. The number of methoxy groups -OCH3 is 4. The van der Waals surface area contributed by atoms with E-state index < -0.39 is 5.97 Å². The lowest BCUT2D eigenvalue weighted by Gasteiger charge is -2.26. The van der Waals surface area contributed by atoms with Crippen LogP contribution in [0.2, 0.25) is 0 Å². The Morgan fingerprint density at radius 2 is 1.48 bits per heavy atom. The number of ether oxygens (including phenoxy) is 7. The van der Waals surface area contributed by atoms with Crippen molar-refractivity contribution in [2.45, 2.75) is 5.92 Å². The molecule has 8 nitrogen and oxygen atoms in total. The molecule has 8 heteroatoms. The average molecular weight is 428 g/mol. The quantitative estimate of drug-likeness (QED) is 0.491. The Morgan fingerprint density at radius 1 is 0.871 bits per heavy atom. The molecule has 2 aliphatic heterocycles. The Hall–Kier alpha value is -3.55. The van der Waals surface area contributed by atoms with Crippen LogP contribution in [0.1, 0.15) is 17.0 Å². The highest BCUT2D eigenvalue weighted by Gasteiger charge is 2.39. The number of cyclic esters (lactones) is 1. The van der Waals surface area contributed by atoms with Crippen LogP contribution in [-0.4, -0.2) is 47.8 Å². The van der Waals surface area contributed by atoms with Gasteiger partial charge in [0, 0.05) is 17.4 Å². The summed E-state index contributed by atoms with van der Waals surface area (Å²) in [6.45, 7) is 4.29. The third-order valence-electron chi connectivity index (χ3n) is 5.59. The second-order valence-electron chi connectivity index (χ2n) is 7.12. The normalized spacial score (nSPS) is 17.9. The van der Waals surface area contributed by atoms with E-state index >= 15 is 0 Å². The predicted octanol–water partition coefficient (Wildman–Crippen LogP) is 3.31. The molecule has 0 aromatic heterocycles. The van der Waals surface area contributed by atoms with Crippen LogP contribution in [0.15, 0.2) is 36.4 Å². The zero-order chi connectivity index (χ0) is 22.1. The molecule has 164 valence electrons. The highest BCUT2D eigenvalue weighted by Crippen LogP contribution is 2.49. The van der Waals surface area contributed by atoms with Gasteiger partial charge in [-0.1, -0.05) is 6.58 Å². The van der Waals surface area contributed by atoms with Crippen LogP contribution in [0, 0.1) is 5.92 Å². The third kappa shape index (κ3) is 3.48. The summed E-state index contributed by atoms with van der Waals surface area (Å²) < 4.78 is 38.5. The molecule has 0 spiro atoms. The van der Waals surface area contributed by atoms with Gasteiger partial charge in [-0.25, -0.2) is 4.79 Å². The molecular formula is C23H24O8. The fraction of sp³-hybridized carbons (Fsp3) is 0.348. The lowest BCUT2D eigenvalue weighted by Crippen LogP contribution is -2.17. The first kappa shape index (κ1) is 20.7. The number of carbonyl (C=O) groups excluding carboxylic acids is 1. The van der Waals surface area contributed by atoms with Crippen molar-refractivity contribution < 1.29 is 38.0 Å². The van der Waals surface area contributed by atoms with E-state index in [9.17, 15) is 4.79 Å². The maximum atomic E-state index is 12.1. The van der Waals surface area contributed by atoms with E-state index in [1.54, 1.807) is 28.4 Å². The number of fused-ring (bicyclic) bond motifs is 1. The van der Waals surface area contributed by atoms with Gasteiger partial charge in [0.25, 0.3) is 0 Å². The van der Waals surface area contributed by atoms with E-state index in [1.807, 2.05) is 24.3 Å². The molecular weight excluding hydrogens is 404 g/mol. The summed E-state index contributed by atoms with van der Waals surface area (Å²) in [5.41, 5.74) is 2.08. The Bertz CT molecular complexity index is 1000. The standard InChI is InChI=1S/C23H24O8/c1-12-15(10-29-23(12)24)20(13-6-16(25-2)21(28-5)17(7-13)26-3)14-8-18(27-4)22-19(9-14)30-11-31-22/h6-9,15,20H,1,10-11H2,2-5H3/t15-,20?/m1/s1. The van der Waals surface area contributed by atoms with Gasteiger partial charge >= 0.3 is 5.97 Å². The van der Waals surface area contributed by atoms with E-state index in [4.69, 9.17) is 33.2 Å². The molecule has 0 bridgehead atoms. The summed E-state index contributed by atoms with van der Waals surface area (Å²) in [5, 5.41) is 0.